The van der Waals surface area contributed by atoms with Crippen molar-refractivity contribution in [1.29, 1.82) is 0 Å². The zero-order chi connectivity index (χ0) is 19.0. The molecule has 0 fully saturated rings. The summed E-state index contributed by atoms with van der Waals surface area (Å²) in [6, 6.07) is 15.9. The van der Waals surface area contributed by atoms with Gasteiger partial charge >= 0.3 is 0 Å². The molecule has 0 bridgehead atoms. The molecule has 5 nitrogen and oxygen atoms in total. The molecule has 0 amide bonds. The molecular formula is C22H19N5. The fourth-order valence-electron chi connectivity index (χ4n) is 2.98. The van der Waals surface area contributed by atoms with Crippen molar-refractivity contribution >= 4 is 11.5 Å². The van der Waals surface area contributed by atoms with E-state index in [1.807, 2.05) is 28.9 Å². The number of aromatic nitrogens is 4. The summed E-state index contributed by atoms with van der Waals surface area (Å²) in [4.78, 5) is 7.88. The van der Waals surface area contributed by atoms with Gasteiger partial charge in [0.25, 0.3) is 5.78 Å². The summed E-state index contributed by atoms with van der Waals surface area (Å²) >= 11 is 0. The predicted molar refractivity (Wildman–Crippen MR) is 107 cm³/mol. The summed E-state index contributed by atoms with van der Waals surface area (Å²) in [5.41, 5.74) is 5.02. The van der Waals surface area contributed by atoms with Crippen LogP contribution >= 0.6 is 0 Å². The van der Waals surface area contributed by atoms with E-state index in [2.05, 4.69) is 65.1 Å². The molecule has 2 aromatic carbocycles. The van der Waals surface area contributed by atoms with Crippen LogP contribution in [0.2, 0.25) is 0 Å². The fourth-order valence-corrected chi connectivity index (χ4v) is 2.98. The Labute approximate surface area is 158 Å². The minimum atomic E-state index is 0.125. The smallest absolute Gasteiger partial charge is 0.255 e. The molecule has 4 rings (SSSR count). The van der Waals surface area contributed by atoms with Gasteiger partial charge in [0.15, 0.2) is 11.5 Å². The van der Waals surface area contributed by atoms with Crippen LogP contribution in [-0.4, -0.2) is 19.6 Å². The monoisotopic (exact) mass is 353 g/mol. The molecule has 0 N–H and O–H groups in total. The van der Waals surface area contributed by atoms with E-state index in [1.54, 1.807) is 12.1 Å². The number of nitrogens with zero attached hydrogens (tertiary/aromatic N) is 5. The summed E-state index contributed by atoms with van der Waals surface area (Å²) in [6.45, 7) is 13.7. The van der Waals surface area contributed by atoms with Crippen LogP contribution < -0.4 is 0 Å². The first-order valence-electron chi connectivity index (χ1n) is 8.75. The third kappa shape index (κ3) is 3.18. The lowest BCUT2D eigenvalue weighted by molar-refractivity contribution is 0.590. The maximum atomic E-state index is 7.08. The molecule has 0 aliphatic carbocycles. The molecule has 132 valence electrons. The average Bonchev–Trinajstić information content (AvgIpc) is 3.10. The van der Waals surface area contributed by atoms with Crippen LogP contribution in [0.4, 0.5) is 5.69 Å². The number of hydrogen-bond acceptors (Lipinski definition) is 3. The Bertz CT molecular complexity index is 1140. The van der Waals surface area contributed by atoms with Gasteiger partial charge in [-0.25, -0.2) is 9.83 Å². The van der Waals surface area contributed by atoms with Crippen molar-refractivity contribution in [3.63, 3.8) is 0 Å². The van der Waals surface area contributed by atoms with Gasteiger partial charge < -0.3 is 0 Å². The van der Waals surface area contributed by atoms with Gasteiger partial charge in [-0.15, -0.1) is 10.2 Å². The van der Waals surface area contributed by atoms with E-state index >= 15 is 0 Å². The van der Waals surface area contributed by atoms with Gasteiger partial charge in [0, 0.05) is 23.5 Å². The first-order chi connectivity index (χ1) is 13.0. The Morgan fingerprint density at radius 2 is 1.52 bits per heavy atom. The number of fused-ring (bicyclic) bond motifs is 1. The Hall–Kier alpha value is -3.52. The lowest BCUT2D eigenvalue weighted by Gasteiger charge is -2.19. The van der Waals surface area contributed by atoms with E-state index in [1.165, 1.54) is 5.56 Å². The normalized spacial score (nSPS) is 11.5. The summed E-state index contributed by atoms with van der Waals surface area (Å²) in [5, 5.41) is 8.44. The van der Waals surface area contributed by atoms with Crippen molar-refractivity contribution in [3.8, 4) is 22.5 Å². The fraction of sp³-hybridized carbons (Fsp3) is 0.182. The molecule has 5 heteroatoms. The van der Waals surface area contributed by atoms with E-state index in [-0.39, 0.29) is 5.41 Å². The van der Waals surface area contributed by atoms with Crippen LogP contribution in [-0.2, 0) is 5.41 Å². The molecule has 4 aromatic rings. The zero-order valence-electron chi connectivity index (χ0n) is 15.5. The Balaban J connectivity index is 1.76. The molecule has 0 saturated carbocycles. The number of benzene rings is 2. The second kappa shape index (κ2) is 6.33. The van der Waals surface area contributed by atoms with Crippen LogP contribution in [0.1, 0.15) is 26.3 Å². The van der Waals surface area contributed by atoms with Crippen molar-refractivity contribution in [2.75, 3.05) is 0 Å². The van der Waals surface area contributed by atoms with E-state index < -0.39 is 0 Å². The minimum absolute atomic E-state index is 0.125. The molecule has 2 aromatic heterocycles. The molecule has 27 heavy (non-hydrogen) atoms. The highest BCUT2D eigenvalue weighted by Gasteiger charge is 2.14. The molecule has 0 aliphatic rings. The molecule has 0 radical (unpaired) electrons. The van der Waals surface area contributed by atoms with Gasteiger partial charge in [0.05, 0.1) is 6.57 Å². The Morgan fingerprint density at radius 3 is 2.15 bits per heavy atom. The topological polar surface area (TPSA) is 47.4 Å². The van der Waals surface area contributed by atoms with Gasteiger partial charge in [-0.1, -0.05) is 69.3 Å². The zero-order valence-corrected chi connectivity index (χ0v) is 15.5. The van der Waals surface area contributed by atoms with Crippen molar-refractivity contribution in [2.24, 2.45) is 0 Å². The quantitative estimate of drug-likeness (QED) is 0.459. The van der Waals surface area contributed by atoms with Crippen LogP contribution in [0, 0.1) is 6.57 Å². The summed E-state index contributed by atoms with van der Waals surface area (Å²) < 4.78 is 1.89. The average molecular weight is 353 g/mol. The first-order valence-corrected chi connectivity index (χ1v) is 8.75. The van der Waals surface area contributed by atoms with E-state index in [0.29, 0.717) is 17.3 Å². The van der Waals surface area contributed by atoms with Crippen molar-refractivity contribution in [1.82, 2.24) is 19.6 Å². The Morgan fingerprint density at radius 1 is 0.852 bits per heavy atom. The third-order valence-electron chi connectivity index (χ3n) is 4.60. The maximum absolute atomic E-state index is 7.08. The van der Waals surface area contributed by atoms with Gasteiger partial charge in [-0.05, 0) is 16.5 Å². The number of hydrogen-bond donors (Lipinski definition) is 0. The lowest BCUT2D eigenvalue weighted by atomic mass is 9.86. The van der Waals surface area contributed by atoms with Crippen molar-refractivity contribution in [2.45, 2.75) is 26.2 Å². The van der Waals surface area contributed by atoms with Crippen LogP contribution in [0.5, 0.6) is 0 Å². The SMILES string of the molecule is [C-]#[N+]c1ccc(-c2nnc3ncc(-c4ccc(C(C)(C)C)cc4)cn23)cc1. The molecule has 0 atom stereocenters. The lowest BCUT2D eigenvalue weighted by Crippen LogP contribution is -2.10. The van der Waals surface area contributed by atoms with Gasteiger partial charge in [-0.2, -0.15) is 0 Å². The Kier molecular flexibility index (Phi) is 3.97. The second-order valence-electron chi connectivity index (χ2n) is 7.52. The van der Waals surface area contributed by atoms with Crippen LogP contribution in [0.15, 0.2) is 60.9 Å². The van der Waals surface area contributed by atoms with Gasteiger partial charge in [0.2, 0.25) is 0 Å². The summed E-state index contributed by atoms with van der Waals surface area (Å²) in [7, 11) is 0. The standard InChI is InChI=1S/C22H19N5/c1-22(2,3)18-9-5-15(6-10-18)17-13-24-21-26-25-20(27(21)14-17)16-7-11-19(23-4)12-8-16/h5-14H,1-3H3. The highest BCUT2D eigenvalue weighted by atomic mass is 15.3. The molecule has 0 spiro atoms. The van der Waals surface area contributed by atoms with Gasteiger partial charge in [0.1, 0.15) is 0 Å². The largest absolute Gasteiger partial charge is 0.266 e. The molecule has 0 unspecified atom stereocenters. The summed E-state index contributed by atoms with van der Waals surface area (Å²) in [6.07, 6.45) is 3.83. The molecule has 0 aliphatic heterocycles. The molecular weight excluding hydrogens is 334 g/mol. The predicted octanol–water partition coefficient (Wildman–Crippen LogP) is 5.31. The highest BCUT2D eigenvalue weighted by Crippen LogP contribution is 2.27. The van der Waals surface area contributed by atoms with Crippen LogP contribution in [0.25, 0.3) is 33.1 Å². The summed E-state index contributed by atoms with van der Waals surface area (Å²) in [5.74, 6) is 1.26. The van der Waals surface area contributed by atoms with Crippen molar-refractivity contribution in [3.05, 3.63) is 77.9 Å². The molecule has 2 heterocycles. The van der Waals surface area contributed by atoms with E-state index in [0.717, 1.165) is 16.7 Å². The van der Waals surface area contributed by atoms with Crippen LogP contribution in [0.3, 0.4) is 0 Å². The van der Waals surface area contributed by atoms with E-state index in [4.69, 9.17) is 6.57 Å². The molecule has 0 saturated heterocycles. The first kappa shape index (κ1) is 16.9. The third-order valence-corrected chi connectivity index (χ3v) is 4.60. The van der Waals surface area contributed by atoms with E-state index in [9.17, 15) is 0 Å². The number of rotatable bonds is 2. The second-order valence-corrected chi connectivity index (χ2v) is 7.52. The van der Waals surface area contributed by atoms with Crippen molar-refractivity contribution < 1.29 is 0 Å². The maximum Gasteiger partial charge on any atom is 0.255 e. The van der Waals surface area contributed by atoms with Gasteiger partial charge in [-0.3, -0.25) is 4.40 Å². The highest BCUT2D eigenvalue weighted by molar-refractivity contribution is 5.66. The minimum Gasteiger partial charge on any atom is -0.266 e.